The molecule has 19 heavy (non-hydrogen) atoms. The summed E-state index contributed by atoms with van der Waals surface area (Å²) in [5.74, 6) is 2.05. The minimum Gasteiger partial charge on any atom is -0.382 e. The average Bonchev–Trinajstić information content (AvgIpc) is 3.21. The molecular weight excluding hydrogens is 242 g/mol. The summed E-state index contributed by atoms with van der Waals surface area (Å²) in [6, 6.07) is 3.77. The first-order valence-corrected chi connectivity index (χ1v) is 6.08. The smallest absolute Gasteiger partial charge is 0.168 e. The van der Waals surface area contributed by atoms with Crippen LogP contribution in [-0.4, -0.2) is 26.3 Å². The summed E-state index contributed by atoms with van der Waals surface area (Å²) in [6.45, 7) is 0.828. The van der Waals surface area contributed by atoms with Gasteiger partial charge in [0.25, 0.3) is 0 Å². The SMILES string of the molecule is N#Cc1c(NCC2CC2)nn(-c2ccncn2)c1N. The van der Waals surface area contributed by atoms with Gasteiger partial charge < -0.3 is 11.1 Å². The fourth-order valence-corrected chi connectivity index (χ4v) is 1.81. The van der Waals surface area contributed by atoms with Crippen LogP contribution in [-0.2, 0) is 0 Å². The van der Waals surface area contributed by atoms with Crippen molar-refractivity contribution in [1.29, 1.82) is 5.26 Å². The van der Waals surface area contributed by atoms with Crippen molar-refractivity contribution in [2.24, 2.45) is 5.92 Å². The van der Waals surface area contributed by atoms with Crippen molar-refractivity contribution >= 4 is 11.6 Å². The number of nitrogens with one attached hydrogen (secondary N) is 1. The van der Waals surface area contributed by atoms with E-state index in [1.54, 1.807) is 12.3 Å². The van der Waals surface area contributed by atoms with Crippen LogP contribution < -0.4 is 11.1 Å². The first-order valence-electron chi connectivity index (χ1n) is 6.08. The Morgan fingerprint density at radius 3 is 3.00 bits per heavy atom. The Kier molecular flexibility index (Phi) is 2.76. The Balaban J connectivity index is 1.94. The predicted octanol–water partition coefficient (Wildman–Crippen LogP) is 0.938. The van der Waals surface area contributed by atoms with Crippen LogP contribution in [0.5, 0.6) is 0 Å². The molecular formula is C12H13N7. The van der Waals surface area contributed by atoms with E-state index in [-0.39, 0.29) is 0 Å². The quantitative estimate of drug-likeness (QED) is 0.842. The molecule has 1 aliphatic rings. The van der Waals surface area contributed by atoms with Crippen LogP contribution in [0, 0.1) is 17.2 Å². The van der Waals surface area contributed by atoms with Gasteiger partial charge in [-0.25, -0.2) is 9.97 Å². The third-order valence-corrected chi connectivity index (χ3v) is 3.07. The molecule has 2 aromatic rings. The van der Waals surface area contributed by atoms with E-state index in [4.69, 9.17) is 5.73 Å². The Morgan fingerprint density at radius 2 is 2.37 bits per heavy atom. The molecule has 0 amide bonds. The molecule has 0 bridgehead atoms. The normalized spacial score (nSPS) is 14.1. The number of hydrogen-bond donors (Lipinski definition) is 2. The second-order valence-corrected chi connectivity index (χ2v) is 4.52. The topological polar surface area (TPSA) is 105 Å². The number of anilines is 2. The third-order valence-electron chi connectivity index (χ3n) is 3.07. The van der Waals surface area contributed by atoms with E-state index < -0.39 is 0 Å². The maximum absolute atomic E-state index is 9.18. The van der Waals surface area contributed by atoms with Crippen molar-refractivity contribution < 1.29 is 0 Å². The summed E-state index contributed by atoms with van der Waals surface area (Å²) in [4.78, 5) is 7.92. The Labute approximate surface area is 110 Å². The van der Waals surface area contributed by atoms with Gasteiger partial charge in [0.15, 0.2) is 11.6 Å². The van der Waals surface area contributed by atoms with Crippen LogP contribution in [0.4, 0.5) is 11.6 Å². The van der Waals surface area contributed by atoms with Crippen molar-refractivity contribution in [3.05, 3.63) is 24.2 Å². The molecule has 1 aliphatic carbocycles. The second kappa shape index (κ2) is 4.57. The number of nitrogens with two attached hydrogens (primary N) is 1. The number of nitrogen functional groups attached to an aromatic ring is 1. The zero-order chi connectivity index (χ0) is 13.2. The molecule has 7 nitrogen and oxygen atoms in total. The number of nitrogens with zero attached hydrogens (tertiary/aromatic N) is 5. The highest BCUT2D eigenvalue weighted by Crippen LogP contribution is 2.30. The van der Waals surface area contributed by atoms with Gasteiger partial charge in [-0.15, -0.1) is 5.10 Å². The zero-order valence-electron chi connectivity index (χ0n) is 10.2. The maximum Gasteiger partial charge on any atom is 0.168 e. The molecule has 7 heteroatoms. The molecule has 0 aromatic carbocycles. The lowest BCUT2D eigenvalue weighted by molar-refractivity contribution is 0.833. The van der Waals surface area contributed by atoms with Gasteiger partial charge in [0.05, 0.1) is 0 Å². The molecule has 1 saturated carbocycles. The van der Waals surface area contributed by atoms with Crippen molar-refractivity contribution in [3.8, 4) is 11.9 Å². The molecule has 2 heterocycles. The van der Waals surface area contributed by atoms with E-state index in [2.05, 4.69) is 26.5 Å². The van der Waals surface area contributed by atoms with Crippen LogP contribution in [0.3, 0.4) is 0 Å². The fourth-order valence-electron chi connectivity index (χ4n) is 1.81. The lowest BCUT2D eigenvalue weighted by Crippen LogP contribution is -2.06. The van der Waals surface area contributed by atoms with Gasteiger partial charge in [0.2, 0.25) is 0 Å². The highest BCUT2D eigenvalue weighted by atomic mass is 15.4. The summed E-state index contributed by atoms with van der Waals surface area (Å²) in [5, 5.41) is 16.7. The van der Waals surface area contributed by atoms with E-state index in [0.717, 1.165) is 6.54 Å². The largest absolute Gasteiger partial charge is 0.382 e. The van der Waals surface area contributed by atoms with Gasteiger partial charge in [-0.05, 0) is 18.8 Å². The third kappa shape index (κ3) is 2.20. The lowest BCUT2D eigenvalue weighted by Gasteiger charge is -2.01. The Hall–Kier alpha value is -2.62. The molecule has 1 fully saturated rings. The minimum atomic E-state index is 0.291. The maximum atomic E-state index is 9.18. The molecule has 0 atom stereocenters. The summed E-state index contributed by atoms with van der Waals surface area (Å²) in [7, 11) is 0. The molecule has 0 spiro atoms. The van der Waals surface area contributed by atoms with Gasteiger partial charge in [0.1, 0.15) is 23.8 Å². The van der Waals surface area contributed by atoms with Gasteiger partial charge >= 0.3 is 0 Å². The summed E-state index contributed by atoms with van der Waals surface area (Å²) in [6.07, 6.45) is 5.49. The standard InChI is InChI=1S/C12H13N7/c13-5-9-11(14)19(10-3-4-15-7-17-10)18-12(9)16-6-8-1-2-8/h3-4,7-8H,1-2,6,14H2,(H,16,18). The van der Waals surface area contributed by atoms with Crippen LogP contribution in [0.1, 0.15) is 18.4 Å². The number of hydrogen-bond acceptors (Lipinski definition) is 6. The van der Waals surface area contributed by atoms with Crippen LogP contribution in [0.2, 0.25) is 0 Å². The van der Waals surface area contributed by atoms with Crippen molar-refractivity contribution in [2.75, 3.05) is 17.6 Å². The van der Waals surface area contributed by atoms with Crippen LogP contribution in [0.25, 0.3) is 5.82 Å². The molecule has 2 aromatic heterocycles. The minimum absolute atomic E-state index is 0.291. The predicted molar refractivity (Wildman–Crippen MR) is 69.5 cm³/mol. The fraction of sp³-hybridized carbons (Fsp3) is 0.333. The van der Waals surface area contributed by atoms with E-state index in [9.17, 15) is 5.26 Å². The molecule has 3 N–H and O–H groups in total. The molecule has 0 saturated heterocycles. The highest BCUT2D eigenvalue weighted by Gasteiger charge is 2.23. The number of nitriles is 1. The molecule has 0 aliphatic heterocycles. The van der Waals surface area contributed by atoms with E-state index in [0.29, 0.717) is 28.9 Å². The first-order chi connectivity index (χ1) is 9.29. The van der Waals surface area contributed by atoms with E-state index in [1.165, 1.54) is 23.9 Å². The summed E-state index contributed by atoms with van der Waals surface area (Å²) < 4.78 is 1.45. The monoisotopic (exact) mass is 255 g/mol. The van der Waals surface area contributed by atoms with E-state index >= 15 is 0 Å². The molecule has 0 radical (unpaired) electrons. The summed E-state index contributed by atoms with van der Waals surface area (Å²) in [5.41, 5.74) is 6.31. The average molecular weight is 255 g/mol. The second-order valence-electron chi connectivity index (χ2n) is 4.52. The molecule has 96 valence electrons. The Morgan fingerprint density at radius 1 is 1.53 bits per heavy atom. The zero-order valence-corrected chi connectivity index (χ0v) is 10.2. The van der Waals surface area contributed by atoms with Gasteiger partial charge in [-0.1, -0.05) is 0 Å². The molecule has 0 unspecified atom stereocenters. The Bertz CT molecular complexity index is 622. The molecule has 3 rings (SSSR count). The highest BCUT2D eigenvalue weighted by molar-refractivity contribution is 5.65. The van der Waals surface area contributed by atoms with E-state index in [1.807, 2.05) is 0 Å². The lowest BCUT2D eigenvalue weighted by atomic mass is 10.3. The first kappa shape index (κ1) is 11.5. The van der Waals surface area contributed by atoms with Crippen molar-refractivity contribution in [3.63, 3.8) is 0 Å². The van der Waals surface area contributed by atoms with Crippen LogP contribution in [0.15, 0.2) is 18.6 Å². The van der Waals surface area contributed by atoms with Crippen molar-refractivity contribution in [1.82, 2.24) is 19.7 Å². The van der Waals surface area contributed by atoms with Crippen LogP contribution >= 0.6 is 0 Å². The van der Waals surface area contributed by atoms with Crippen molar-refractivity contribution in [2.45, 2.75) is 12.8 Å². The number of rotatable bonds is 4. The van der Waals surface area contributed by atoms with Gasteiger partial charge in [0, 0.05) is 18.8 Å². The van der Waals surface area contributed by atoms with Gasteiger partial charge in [-0.3, -0.25) is 0 Å². The number of aromatic nitrogens is 4. The van der Waals surface area contributed by atoms with Gasteiger partial charge in [-0.2, -0.15) is 9.94 Å². The summed E-state index contributed by atoms with van der Waals surface area (Å²) >= 11 is 0.